The third-order valence-electron chi connectivity index (χ3n) is 7.61. The van der Waals surface area contributed by atoms with Crippen molar-refractivity contribution in [3.05, 3.63) is 52.6 Å². The Morgan fingerprint density at radius 3 is 2.55 bits per heavy atom. The molecule has 3 fully saturated rings. The van der Waals surface area contributed by atoms with Gasteiger partial charge in [0.2, 0.25) is 17.7 Å². The highest BCUT2D eigenvalue weighted by atomic mass is 16.6. The van der Waals surface area contributed by atoms with E-state index in [1.165, 1.54) is 41.2 Å². The monoisotopic (exact) mass is 521 g/mol. The first kappa shape index (κ1) is 25.4. The zero-order valence-corrected chi connectivity index (χ0v) is 21.0. The molecular weight excluding hydrogens is 494 g/mol. The summed E-state index contributed by atoms with van der Waals surface area (Å²) in [5, 5.41) is 11.1. The van der Waals surface area contributed by atoms with Gasteiger partial charge in [0, 0.05) is 25.1 Å². The van der Waals surface area contributed by atoms with Gasteiger partial charge in [-0.05, 0) is 43.4 Å². The first-order valence-electron chi connectivity index (χ1n) is 12.5. The van der Waals surface area contributed by atoms with E-state index in [4.69, 9.17) is 9.47 Å². The summed E-state index contributed by atoms with van der Waals surface area (Å²) in [6.45, 7) is 2.10. The first-order valence-corrected chi connectivity index (χ1v) is 12.5. The molecule has 3 aliphatic rings. The van der Waals surface area contributed by atoms with E-state index < -0.39 is 16.8 Å². The number of ether oxygens (including phenoxy) is 2. The number of carbonyl (C=O) groups is 4. The molecule has 2 heterocycles. The van der Waals surface area contributed by atoms with Crippen molar-refractivity contribution in [2.24, 2.45) is 23.7 Å². The predicted molar refractivity (Wildman–Crippen MR) is 135 cm³/mol. The van der Waals surface area contributed by atoms with Crippen LogP contribution in [0.25, 0.3) is 0 Å². The quantitative estimate of drug-likeness (QED) is 0.185. The number of methoxy groups -OCH3 is 1. The van der Waals surface area contributed by atoms with E-state index in [2.05, 4.69) is 6.92 Å². The van der Waals surface area contributed by atoms with Crippen LogP contribution in [0, 0.1) is 33.8 Å². The number of nitro groups is 1. The van der Waals surface area contributed by atoms with Gasteiger partial charge in [-0.25, -0.2) is 4.90 Å². The average Bonchev–Trinajstić information content (AvgIpc) is 3.40. The Kier molecular flexibility index (Phi) is 6.60. The Morgan fingerprint density at radius 2 is 1.82 bits per heavy atom. The summed E-state index contributed by atoms with van der Waals surface area (Å²) in [7, 11) is 1.34. The summed E-state index contributed by atoms with van der Waals surface area (Å²) in [5.41, 5.74) is 0.492. The lowest BCUT2D eigenvalue weighted by Gasteiger charge is -2.25. The summed E-state index contributed by atoms with van der Waals surface area (Å²) in [6, 6.07) is 10.2. The lowest BCUT2D eigenvalue weighted by Crippen LogP contribution is -2.31. The third kappa shape index (κ3) is 4.48. The molecule has 11 nitrogen and oxygen atoms in total. The van der Waals surface area contributed by atoms with Gasteiger partial charge >= 0.3 is 5.97 Å². The topological polar surface area (TPSA) is 136 Å². The van der Waals surface area contributed by atoms with Crippen LogP contribution in [0.4, 0.5) is 17.1 Å². The van der Waals surface area contributed by atoms with Crippen LogP contribution in [0.5, 0.6) is 11.5 Å². The number of imide groups is 1. The molecule has 2 aromatic carbocycles. The average molecular weight is 522 g/mol. The maximum atomic E-state index is 13.1. The minimum Gasteiger partial charge on any atom is -0.494 e. The Balaban J connectivity index is 1.30. The molecule has 0 N–H and O–H groups in total. The number of nitrogens with zero attached hydrogens (tertiary/aromatic N) is 3. The smallest absolute Gasteiger partial charge is 0.316 e. The number of rotatable bonds is 6. The van der Waals surface area contributed by atoms with Gasteiger partial charge in [0.15, 0.2) is 0 Å². The van der Waals surface area contributed by atoms with Gasteiger partial charge in [-0.15, -0.1) is 0 Å². The van der Waals surface area contributed by atoms with E-state index in [9.17, 15) is 29.3 Å². The van der Waals surface area contributed by atoms with Gasteiger partial charge in [0.25, 0.3) is 5.69 Å². The molecule has 2 saturated heterocycles. The molecule has 0 bridgehead atoms. The van der Waals surface area contributed by atoms with Crippen LogP contribution in [0.3, 0.4) is 0 Å². The van der Waals surface area contributed by atoms with Crippen molar-refractivity contribution in [3.63, 3.8) is 0 Å². The summed E-state index contributed by atoms with van der Waals surface area (Å²) >= 11 is 0. The van der Waals surface area contributed by atoms with Crippen molar-refractivity contribution >= 4 is 40.8 Å². The molecule has 1 saturated carbocycles. The molecule has 0 spiro atoms. The Bertz CT molecular complexity index is 1340. The number of fused-ring (bicyclic) bond motifs is 1. The number of non-ortho nitro benzene ring substituents is 1. The second-order valence-corrected chi connectivity index (χ2v) is 10.1. The highest BCUT2D eigenvalue weighted by molar-refractivity contribution is 6.22. The molecule has 3 amide bonds. The summed E-state index contributed by atoms with van der Waals surface area (Å²) in [4.78, 5) is 64.8. The standard InChI is InChI=1S/C27H27N3O8/c1-15-6-8-20-21(10-15)26(33)29(25(20)32)17-4-3-5-19(12-17)38-27(34)16-11-24(31)28(14-16)22-9-7-18(30(35)36)13-23(22)37-2/h3-5,7,9,12-13,15-16,20-21H,6,8,10-11,14H2,1-2H3/t15-,16-,20-,21-/m1/s1. The van der Waals surface area contributed by atoms with Crippen molar-refractivity contribution in [3.8, 4) is 11.5 Å². The molecule has 2 aliphatic heterocycles. The molecule has 0 aromatic heterocycles. The van der Waals surface area contributed by atoms with E-state index in [0.717, 1.165) is 6.42 Å². The summed E-state index contributed by atoms with van der Waals surface area (Å²) in [5.74, 6) is -2.14. The zero-order chi connectivity index (χ0) is 27.1. The van der Waals surface area contributed by atoms with Crippen LogP contribution < -0.4 is 19.3 Å². The normalized spacial score (nSPS) is 24.9. The lowest BCUT2D eigenvalue weighted by molar-refractivity contribution is -0.384. The molecule has 1 aliphatic carbocycles. The number of hydrogen-bond acceptors (Lipinski definition) is 8. The van der Waals surface area contributed by atoms with Gasteiger partial charge in [0.05, 0.1) is 47.2 Å². The van der Waals surface area contributed by atoms with Gasteiger partial charge in [0.1, 0.15) is 11.5 Å². The number of amides is 3. The Morgan fingerprint density at radius 1 is 1.05 bits per heavy atom. The van der Waals surface area contributed by atoms with E-state index in [-0.39, 0.29) is 59.7 Å². The molecule has 38 heavy (non-hydrogen) atoms. The largest absolute Gasteiger partial charge is 0.494 e. The van der Waals surface area contributed by atoms with E-state index >= 15 is 0 Å². The number of hydrogen-bond donors (Lipinski definition) is 0. The number of nitro benzene ring substituents is 1. The van der Waals surface area contributed by atoms with E-state index in [1.54, 1.807) is 18.2 Å². The number of benzene rings is 2. The van der Waals surface area contributed by atoms with Crippen molar-refractivity contribution in [2.45, 2.75) is 32.6 Å². The maximum absolute atomic E-state index is 13.1. The lowest BCUT2D eigenvalue weighted by atomic mass is 9.76. The highest BCUT2D eigenvalue weighted by Gasteiger charge is 2.50. The minimum atomic E-state index is -0.787. The molecular formula is C27H27N3O8. The van der Waals surface area contributed by atoms with Gasteiger partial charge in [-0.1, -0.05) is 13.0 Å². The fourth-order valence-electron chi connectivity index (χ4n) is 5.63. The van der Waals surface area contributed by atoms with Gasteiger partial charge in [-0.3, -0.25) is 29.3 Å². The Labute approximate surface area is 218 Å². The molecule has 4 atom stereocenters. The molecule has 0 radical (unpaired) electrons. The fraction of sp³-hybridized carbons (Fsp3) is 0.407. The molecule has 11 heteroatoms. The zero-order valence-electron chi connectivity index (χ0n) is 21.0. The second-order valence-electron chi connectivity index (χ2n) is 10.1. The highest BCUT2D eigenvalue weighted by Crippen LogP contribution is 2.43. The molecule has 0 unspecified atom stereocenters. The third-order valence-corrected chi connectivity index (χ3v) is 7.61. The van der Waals surface area contributed by atoms with E-state index in [0.29, 0.717) is 30.1 Å². The molecule has 198 valence electrons. The predicted octanol–water partition coefficient (Wildman–Crippen LogP) is 3.49. The second kappa shape index (κ2) is 9.88. The van der Waals surface area contributed by atoms with E-state index in [1.807, 2.05) is 0 Å². The van der Waals surface area contributed by atoms with Crippen molar-refractivity contribution in [1.29, 1.82) is 0 Å². The first-order chi connectivity index (χ1) is 18.2. The fourth-order valence-corrected chi connectivity index (χ4v) is 5.63. The van der Waals surface area contributed by atoms with Gasteiger partial charge in [-0.2, -0.15) is 0 Å². The van der Waals surface area contributed by atoms with Crippen LogP contribution in [-0.4, -0.2) is 42.3 Å². The molecule has 2 aromatic rings. The van der Waals surface area contributed by atoms with Crippen molar-refractivity contribution < 1.29 is 33.6 Å². The van der Waals surface area contributed by atoms with Crippen LogP contribution in [-0.2, 0) is 19.2 Å². The molecule has 5 rings (SSSR count). The van der Waals surface area contributed by atoms with Crippen molar-refractivity contribution in [1.82, 2.24) is 0 Å². The maximum Gasteiger partial charge on any atom is 0.316 e. The van der Waals surface area contributed by atoms with Crippen LogP contribution in [0.1, 0.15) is 32.6 Å². The number of carbonyl (C=O) groups excluding carboxylic acids is 4. The summed E-state index contributed by atoms with van der Waals surface area (Å²) < 4.78 is 10.8. The van der Waals surface area contributed by atoms with Crippen LogP contribution in [0.2, 0.25) is 0 Å². The van der Waals surface area contributed by atoms with Crippen LogP contribution >= 0.6 is 0 Å². The number of esters is 1. The minimum absolute atomic E-state index is 0.0101. The van der Waals surface area contributed by atoms with Crippen LogP contribution in [0.15, 0.2) is 42.5 Å². The van der Waals surface area contributed by atoms with Crippen molar-refractivity contribution in [2.75, 3.05) is 23.5 Å². The SMILES string of the molecule is COc1cc([N+](=O)[O-])ccc1N1C[C@H](C(=O)Oc2cccc(N3C(=O)[C@@H]4CC[C@@H](C)C[C@H]4C3=O)c2)CC1=O. The summed E-state index contributed by atoms with van der Waals surface area (Å²) in [6.07, 6.45) is 2.18. The Hall–Kier alpha value is -4.28. The number of anilines is 2. The van der Waals surface area contributed by atoms with Gasteiger partial charge < -0.3 is 14.4 Å².